The number of hydrogen-bond donors (Lipinski definition) is 1. The zero-order valence-electron chi connectivity index (χ0n) is 11.5. The monoisotopic (exact) mass is 319 g/mol. The predicted octanol–water partition coefficient (Wildman–Crippen LogP) is 2.58. The van der Waals surface area contributed by atoms with E-state index in [4.69, 9.17) is 17.0 Å². The molecule has 2 aromatic rings. The smallest absolute Gasteiger partial charge is 0.278 e. The van der Waals surface area contributed by atoms with Gasteiger partial charge in [-0.1, -0.05) is 12.1 Å². The van der Waals surface area contributed by atoms with Gasteiger partial charge in [0.2, 0.25) is 4.77 Å². The number of rotatable bonds is 4. The lowest BCUT2D eigenvalue weighted by Gasteiger charge is -2.07. The molecule has 1 atom stereocenters. The Balaban J connectivity index is 1.95. The molecule has 0 aliphatic carbocycles. The third kappa shape index (κ3) is 2.81. The highest BCUT2D eigenvalue weighted by atomic mass is 32.1. The molecule has 3 rings (SSSR count). The molecule has 9 heteroatoms. The fourth-order valence-electron chi connectivity index (χ4n) is 2.29. The molecule has 0 radical (unpaired) electrons. The van der Waals surface area contributed by atoms with E-state index in [0.717, 1.165) is 12.8 Å². The zero-order chi connectivity index (χ0) is 15.5. The minimum atomic E-state index is -0.447. The maximum Gasteiger partial charge on any atom is 0.278 e. The zero-order valence-corrected chi connectivity index (χ0v) is 12.3. The van der Waals surface area contributed by atoms with Gasteiger partial charge in [-0.25, -0.2) is 0 Å². The molecule has 1 saturated heterocycles. The summed E-state index contributed by atoms with van der Waals surface area (Å²) in [6.07, 6.45) is 3.05. The van der Waals surface area contributed by atoms with E-state index in [2.05, 4.69) is 15.3 Å². The molecule has 2 heterocycles. The van der Waals surface area contributed by atoms with Gasteiger partial charge in [0.05, 0.1) is 16.7 Å². The molecule has 0 unspecified atom stereocenters. The van der Waals surface area contributed by atoms with Crippen LogP contribution in [0.25, 0.3) is 0 Å². The molecule has 1 aromatic heterocycles. The van der Waals surface area contributed by atoms with Crippen molar-refractivity contribution in [2.24, 2.45) is 5.10 Å². The van der Waals surface area contributed by atoms with Crippen LogP contribution in [0.15, 0.2) is 29.4 Å². The molecule has 1 fully saturated rings. The van der Waals surface area contributed by atoms with Crippen molar-refractivity contribution in [3.8, 4) is 0 Å². The van der Waals surface area contributed by atoms with Gasteiger partial charge in [-0.05, 0) is 31.1 Å². The number of nitrogens with one attached hydrogen (secondary N) is 1. The molecule has 22 heavy (non-hydrogen) atoms. The highest BCUT2D eigenvalue weighted by Crippen LogP contribution is 2.27. The van der Waals surface area contributed by atoms with Crippen LogP contribution in [0.3, 0.4) is 0 Å². The van der Waals surface area contributed by atoms with Crippen molar-refractivity contribution in [2.75, 3.05) is 6.61 Å². The highest BCUT2D eigenvalue weighted by Gasteiger charge is 2.23. The summed E-state index contributed by atoms with van der Waals surface area (Å²) in [5.74, 6) is 0.581. The van der Waals surface area contributed by atoms with Crippen molar-refractivity contribution in [3.05, 3.63) is 50.5 Å². The topological polar surface area (TPSA) is 98.3 Å². The lowest BCUT2D eigenvalue weighted by molar-refractivity contribution is -0.385. The van der Waals surface area contributed by atoms with E-state index >= 15 is 0 Å². The van der Waals surface area contributed by atoms with Crippen molar-refractivity contribution >= 4 is 24.1 Å². The van der Waals surface area contributed by atoms with Crippen molar-refractivity contribution in [1.29, 1.82) is 0 Å². The largest absolute Gasteiger partial charge is 0.370 e. The number of H-pyrrole nitrogens is 1. The van der Waals surface area contributed by atoms with E-state index in [1.807, 2.05) is 0 Å². The minimum absolute atomic E-state index is 0.0140. The first-order valence-electron chi connectivity index (χ1n) is 6.73. The van der Waals surface area contributed by atoms with Gasteiger partial charge in [0.25, 0.3) is 5.69 Å². The number of para-hydroxylation sites is 1. The molecular weight excluding hydrogens is 306 g/mol. The first kappa shape index (κ1) is 14.5. The fourth-order valence-corrected chi connectivity index (χ4v) is 2.47. The van der Waals surface area contributed by atoms with Crippen LogP contribution in [0.4, 0.5) is 5.69 Å². The third-order valence-corrected chi connectivity index (χ3v) is 3.60. The van der Waals surface area contributed by atoms with Crippen molar-refractivity contribution in [2.45, 2.75) is 18.9 Å². The molecule has 0 bridgehead atoms. The van der Waals surface area contributed by atoms with Gasteiger partial charge in [-0.15, -0.1) is 0 Å². The number of aromatic nitrogens is 3. The number of benzene rings is 1. The Morgan fingerprint density at radius 1 is 1.55 bits per heavy atom. The van der Waals surface area contributed by atoms with Crippen LogP contribution < -0.4 is 0 Å². The van der Waals surface area contributed by atoms with Crippen LogP contribution in [-0.4, -0.2) is 32.6 Å². The average Bonchev–Trinajstić information content (AvgIpc) is 3.15. The van der Waals surface area contributed by atoms with Crippen molar-refractivity contribution < 1.29 is 9.66 Å². The lowest BCUT2D eigenvalue weighted by Crippen LogP contribution is -2.05. The average molecular weight is 319 g/mol. The minimum Gasteiger partial charge on any atom is -0.370 e. The molecule has 0 amide bonds. The summed E-state index contributed by atoms with van der Waals surface area (Å²) in [6.45, 7) is 0.679. The molecule has 114 valence electrons. The maximum atomic E-state index is 11.0. The standard InChI is InChI=1S/C13H13N5O3S/c19-18(20)10-5-2-1-4-9(10)8-14-17-12(15-16-13(17)22)11-6-3-7-21-11/h1-2,4-5,8,11H,3,6-7H2,(H,16,22)/b14-8-/t11-/m0/s1. The van der Waals surface area contributed by atoms with E-state index in [0.29, 0.717) is 22.8 Å². The molecule has 8 nitrogen and oxygen atoms in total. The second kappa shape index (κ2) is 6.16. The second-order valence-corrected chi connectivity index (χ2v) is 5.15. The van der Waals surface area contributed by atoms with E-state index in [1.165, 1.54) is 17.0 Å². The molecule has 0 spiro atoms. The first-order chi connectivity index (χ1) is 10.7. The van der Waals surface area contributed by atoms with Crippen LogP contribution >= 0.6 is 12.2 Å². The van der Waals surface area contributed by atoms with Crippen LogP contribution in [0.2, 0.25) is 0 Å². The van der Waals surface area contributed by atoms with Crippen LogP contribution in [-0.2, 0) is 4.74 Å². The Morgan fingerprint density at radius 2 is 2.36 bits per heavy atom. The first-order valence-corrected chi connectivity index (χ1v) is 7.14. The van der Waals surface area contributed by atoms with Gasteiger partial charge in [0, 0.05) is 12.7 Å². The number of nitro benzene ring substituents is 1. The Hall–Kier alpha value is -2.39. The summed E-state index contributed by atoms with van der Waals surface area (Å²) in [4.78, 5) is 10.6. The summed E-state index contributed by atoms with van der Waals surface area (Å²) < 4.78 is 7.34. The number of nitrogens with zero attached hydrogens (tertiary/aromatic N) is 4. The van der Waals surface area contributed by atoms with E-state index in [1.54, 1.807) is 18.2 Å². The van der Waals surface area contributed by atoms with Gasteiger partial charge in [-0.3, -0.25) is 15.2 Å². The van der Waals surface area contributed by atoms with E-state index in [-0.39, 0.29) is 11.8 Å². The maximum absolute atomic E-state index is 11.0. The number of nitro groups is 1. The van der Waals surface area contributed by atoms with Gasteiger partial charge >= 0.3 is 0 Å². The summed E-state index contributed by atoms with van der Waals surface area (Å²) in [5, 5.41) is 22.1. The number of aromatic amines is 1. The Bertz CT molecular complexity index is 776. The molecule has 0 saturated carbocycles. The van der Waals surface area contributed by atoms with Gasteiger partial charge in [0.15, 0.2) is 5.82 Å². The fraction of sp³-hybridized carbons (Fsp3) is 0.308. The van der Waals surface area contributed by atoms with Gasteiger partial charge in [0.1, 0.15) is 6.10 Å². The van der Waals surface area contributed by atoms with Gasteiger partial charge in [-0.2, -0.15) is 14.9 Å². The Labute approximate surface area is 130 Å². The van der Waals surface area contributed by atoms with E-state index in [9.17, 15) is 10.1 Å². The normalized spacial score (nSPS) is 18.1. The summed E-state index contributed by atoms with van der Waals surface area (Å²) in [7, 11) is 0. The molecule has 1 N–H and O–H groups in total. The lowest BCUT2D eigenvalue weighted by atomic mass is 10.2. The highest BCUT2D eigenvalue weighted by molar-refractivity contribution is 7.71. The van der Waals surface area contributed by atoms with Gasteiger partial charge < -0.3 is 4.74 Å². The van der Waals surface area contributed by atoms with Crippen molar-refractivity contribution in [1.82, 2.24) is 14.9 Å². The molecule has 1 aliphatic heterocycles. The van der Waals surface area contributed by atoms with Crippen LogP contribution in [0.5, 0.6) is 0 Å². The predicted molar refractivity (Wildman–Crippen MR) is 81.4 cm³/mol. The number of hydrogen-bond acceptors (Lipinski definition) is 6. The van der Waals surface area contributed by atoms with Crippen molar-refractivity contribution in [3.63, 3.8) is 0 Å². The summed E-state index contributed by atoms with van der Waals surface area (Å²) >= 11 is 5.15. The molecule has 1 aliphatic rings. The molecular formula is C13H13N5O3S. The Kier molecular flexibility index (Phi) is 4.07. The Morgan fingerprint density at radius 3 is 3.09 bits per heavy atom. The SMILES string of the molecule is O=[N+]([O-])c1ccccc1/C=N\n1c([C@@H]2CCCO2)n[nH]c1=S. The van der Waals surface area contributed by atoms with E-state index < -0.39 is 4.92 Å². The number of ether oxygens (including phenoxy) is 1. The second-order valence-electron chi connectivity index (χ2n) is 4.76. The quantitative estimate of drug-likeness (QED) is 0.404. The third-order valence-electron chi connectivity index (χ3n) is 3.34. The summed E-state index contributed by atoms with van der Waals surface area (Å²) in [5.41, 5.74) is 0.383. The van der Waals surface area contributed by atoms with Crippen LogP contribution in [0.1, 0.15) is 30.3 Å². The molecule has 1 aromatic carbocycles. The summed E-state index contributed by atoms with van der Waals surface area (Å²) in [6, 6.07) is 6.37. The van der Waals surface area contributed by atoms with Crippen LogP contribution in [0, 0.1) is 14.9 Å².